The number of halogens is 1. The van der Waals surface area contributed by atoms with Gasteiger partial charge in [-0.2, -0.15) is 0 Å². The lowest BCUT2D eigenvalue weighted by atomic mass is 10.2. The molecule has 0 spiro atoms. The number of hydrogen-bond acceptors (Lipinski definition) is 5. The third kappa shape index (κ3) is 8.40. The van der Waals surface area contributed by atoms with Crippen LogP contribution in [-0.4, -0.2) is 63.2 Å². The normalized spacial score (nSPS) is 15.2. The molecule has 31 heavy (non-hydrogen) atoms. The SMILES string of the molecule is CCC(=NCCOc1ccccc1)NNCCCN1CCN(c2cccc(Cl)c2)CC1. The summed E-state index contributed by atoms with van der Waals surface area (Å²) in [7, 11) is 0. The minimum absolute atomic E-state index is 0.580. The predicted octanol–water partition coefficient (Wildman–Crippen LogP) is 3.83. The van der Waals surface area contributed by atoms with Crippen LogP contribution in [-0.2, 0) is 0 Å². The molecule has 6 nitrogen and oxygen atoms in total. The number of rotatable bonds is 11. The highest BCUT2D eigenvalue weighted by Crippen LogP contribution is 2.20. The van der Waals surface area contributed by atoms with Crippen LogP contribution in [0.5, 0.6) is 5.75 Å². The van der Waals surface area contributed by atoms with E-state index in [1.54, 1.807) is 0 Å². The molecule has 7 heteroatoms. The van der Waals surface area contributed by atoms with Crippen LogP contribution >= 0.6 is 11.6 Å². The zero-order valence-electron chi connectivity index (χ0n) is 18.4. The van der Waals surface area contributed by atoms with Gasteiger partial charge in [0.05, 0.1) is 6.54 Å². The van der Waals surface area contributed by atoms with E-state index in [1.165, 1.54) is 5.69 Å². The van der Waals surface area contributed by atoms with Gasteiger partial charge in [0.1, 0.15) is 18.2 Å². The molecule has 168 valence electrons. The van der Waals surface area contributed by atoms with Crippen molar-refractivity contribution in [3.8, 4) is 5.75 Å². The zero-order chi connectivity index (χ0) is 21.7. The topological polar surface area (TPSA) is 52.1 Å². The molecule has 0 aliphatic carbocycles. The highest BCUT2D eigenvalue weighted by molar-refractivity contribution is 6.30. The first kappa shape index (κ1) is 23.4. The maximum atomic E-state index is 6.12. The number of ether oxygens (including phenoxy) is 1. The van der Waals surface area contributed by atoms with Crippen molar-refractivity contribution >= 4 is 23.1 Å². The highest BCUT2D eigenvalue weighted by Gasteiger charge is 2.16. The number of piperazine rings is 1. The Morgan fingerprint density at radius 2 is 1.87 bits per heavy atom. The third-order valence-corrected chi connectivity index (χ3v) is 5.53. The Bertz CT molecular complexity index is 794. The van der Waals surface area contributed by atoms with Crippen molar-refractivity contribution < 1.29 is 4.74 Å². The summed E-state index contributed by atoms with van der Waals surface area (Å²) >= 11 is 6.12. The second kappa shape index (κ2) is 13.2. The molecule has 1 fully saturated rings. The van der Waals surface area contributed by atoms with Crippen molar-refractivity contribution in [1.29, 1.82) is 0 Å². The fraction of sp³-hybridized carbons (Fsp3) is 0.458. The number of benzene rings is 2. The molecule has 2 aromatic carbocycles. The molecule has 1 aliphatic rings. The summed E-state index contributed by atoms with van der Waals surface area (Å²) in [4.78, 5) is 9.52. The fourth-order valence-corrected chi connectivity index (χ4v) is 3.74. The lowest BCUT2D eigenvalue weighted by molar-refractivity contribution is 0.253. The van der Waals surface area contributed by atoms with E-state index in [9.17, 15) is 0 Å². The molecule has 2 N–H and O–H groups in total. The number of amidine groups is 1. The summed E-state index contributed by atoms with van der Waals surface area (Å²) < 4.78 is 5.68. The Balaban J connectivity index is 1.25. The number of hydrogen-bond donors (Lipinski definition) is 2. The van der Waals surface area contributed by atoms with E-state index in [0.717, 1.165) is 68.7 Å². The van der Waals surface area contributed by atoms with Gasteiger partial charge in [-0.25, -0.2) is 5.43 Å². The van der Waals surface area contributed by atoms with Crippen molar-refractivity contribution in [3.63, 3.8) is 0 Å². The maximum absolute atomic E-state index is 6.12. The van der Waals surface area contributed by atoms with Gasteiger partial charge >= 0.3 is 0 Å². The summed E-state index contributed by atoms with van der Waals surface area (Å²) in [5.41, 5.74) is 7.77. The van der Waals surface area contributed by atoms with Crippen molar-refractivity contribution in [3.05, 3.63) is 59.6 Å². The summed E-state index contributed by atoms with van der Waals surface area (Å²) in [6.07, 6.45) is 1.96. The molecular formula is C24H34ClN5O. The van der Waals surface area contributed by atoms with Crippen molar-refractivity contribution in [2.45, 2.75) is 19.8 Å². The van der Waals surface area contributed by atoms with Gasteiger partial charge in [0.2, 0.25) is 0 Å². The number of aliphatic imine (C=N–C) groups is 1. The van der Waals surface area contributed by atoms with E-state index in [0.29, 0.717) is 13.2 Å². The second-order valence-electron chi connectivity index (χ2n) is 7.56. The van der Waals surface area contributed by atoms with Crippen LogP contribution < -0.4 is 20.5 Å². The van der Waals surface area contributed by atoms with Gasteiger partial charge in [0.25, 0.3) is 0 Å². The predicted molar refractivity (Wildman–Crippen MR) is 130 cm³/mol. The van der Waals surface area contributed by atoms with E-state index in [4.69, 9.17) is 16.3 Å². The number of anilines is 1. The number of hydrazine groups is 1. The summed E-state index contributed by atoms with van der Waals surface area (Å²) in [5, 5.41) is 0.803. The van der Waals surface area contributed by atoms with Gasteiger partial charge in [-0.1, -0.05) is 42.8 Å². The van der Waals surface area contributed by atoms with Gasteiger partial charge in [0.15, 0.2) is 0 Å². The van der Waals surface area contributed by atoms with Crippen molar-refractivity contribution in [2.75, 3.05) is 57.3 Å². The third-order valence-electron chi connectivity index (χ3n) is 5.30. The van der Waals surface area contributed by atoms with E-state index in [-0.39, 0.29) is 0 Å². The molecule has 3 rings (SSSR count). The van der Waals surface area contributed by atoms with E-state index in [2.05, 4.69) is 38.6 Å². The van der Waals surface area contributed by atoms with Crippen LogP contribution in [0, 0.1) is 0 Å². The first-order valence-corrected chi connectivity index (χ1v) is 11.6. The Labute approximate surface area is 191 Å². The molecule has 0 aromatic heterocycles. The summed E-state index contributed by atoms with van der Waals surface area (Å²) in [6, 6.07) is 18.0. The number of para-hydroxylation sites is 1. The molecule has 0 atom stereocenters. The molecule has 0 saturated carbocycles. The highest BCUT2D eigenvalue weighted by atomic mass is 35.5. The first-order valence-electron chi connectivity index (χ1n) is 11.2. The number of nitrogens with zero attached hydrogens (tertiary/aromatic N) is 3. The van der Waals surface area contributed by atoms with Gasteiger partial charge in [-0.15, -0.1) is 0 Å². The molecule has 1 heterocycles. The lowest BCUT2D eigenvalue weighted by Crippen LogP contribution is -2.47. The van der Waals surface area contributed by atoms with Crippen LogP contribution in [0.1, 0.15) is 19.8 Å². The van der Waals surface area contributed by atoms with E-state index < -0.39 is 0 Å². The molecule has 1 aliphatic heterocycles. The van der Waals surface area contributed by atoms with Gasteiger partial charge < -0.3 is 15.1 Å². The largest absolute Gasteiger partial charge is 0.492 e. The molecule has 0 unspecified atom stereocenters. The van der Waals surface area contributed by atoms with Gasteiger partial charge in [-0.3, -0.25) is 9.89 Å². The standard InChI is InChI=1S/C24H34ClN5O/c1-2-24(26-13-19-31-23-10-4-3-5-11-23)28-27-12-7-14-29-15-17-30(18-16-29)22-9-6-8-21(25)20-22/h3-6,8-11,20,27H,2,7,12-19H2,1H3,(H,26,28). The molecule has 0 amide bonds. The minimum atomic E-state index is 0.580. The van der Waals surface area contributed by atoms with Crippen LogP contribution in [0.25, 0.3) is 0 Å². The Morgan fingerprint density at radius 3 is 2.61 bits per heavy atom. The zero-order valence-corrected chi connectivity index (χ0v) is 19.2. The Morgan fingerprint density at radius 1 is 1.06 bits per heavy atom. The molecule has 1 saturated heterocycles. The Hall–Kier alpha value is -2.28. The Kier molecular flexibility index (Phi) is 9.96. The lowest BCUT2D eigenvalue weighted by Gasteiger charge is -2.36. The van der Waals surface area contributed by atoms with Crippen molar-refractivity contribution in [1.82, 2.24) is 15.8 Å². The van der Waals surface area contributed by atoms with Crippen LogP contribution in [0.3, 0.4) is 0 Å². The van der Waals surface area contributed by atoms with Crippen molar-refractivity contribution in [2.24, 2.45) is 4.99 Å². The molecule has 2 aromatic rings. The average Bonchev–Trinajstić information content (AvgIpc) is 2.81. The fourth-order valence-electron chi connectivity index (χ4n) is 3.56. The summed E-state index contributed by atoms with van der Waals surface area (Å²) in [6.45, 7) is 9.60. The van der Waals surface area contributed by atoms with E-state index >= 15 is 0 Å². The minimum Gasteiger partial charge on any atom is -0.492 e. The molecule has 0 bridgehead atoms. The average molecular weight is 444 g/mol. The quantitative estimate of drug-likeness (QED) is 0.239. The van der Waals surface area contributed by atoms with Crippen LogP contribution in [0.2, 0.25) is 5.02 Å². The van der Waals surface area contributed by atoms with Crippen LogP contribution in [0.15, 0.2) is 59.6 Å². The number of nitrogens with one attached hydrogen (secondary N) is 2. The van der Waals surface area contributed by atoms with Gasteiger partial charge in [-0.05, 0) is 43.3 Å². The first-order chi connectivity index (χ1) is 15.2. The van der Waals surface area contributed by atoms with E-state index in [1.807, 2.05) is 48.5 Å². The summed E-state index contributed by atoms with van der Waals surface area (Å²) in [5.74, 6) is 1.85. The monoisotopic (exact) mass is 443 g/mol. The van der Waals surface area contributed by atoms with Gasteiger partial charge in [0, 0.05) is 49.9 Å². The molecular weight excluding hydrogens is 410 g/mol. The molecule has 0 radical (unpaired) electrons. The second-order valence-corrected chi connectivity index (χ2v) is 7.99. The maximum Gasteiger partial charge on any atom is 0.119 e. The van der Waals surface area contributed by atoms with Crippen LogP contribution in [0.4, 0.5) is 5.69 Å². The smallest absolute Gasteiger partial charge is 0.119 e.